The van der Waals surface area contributed by atoms with Crippen molar-refractivity contribution < 1.29 is 14.6 Å². The Morgan fingerprint density at radius 3 is 2.50 bits per heavy atom. The molecule has 0 unspecified atom stereocenters. The number of benzene rings is 2. The molecule has 2 aromatic carbocycles. The van der Waals surface area contributed by atoms with Gasteiger partial charge >= 0.3 is 0 Å². The molecule has 0 aliphatic carbocycles. The Morgan fingerprint density at radius 1 is 1.04 bits per heavy atom. The van der Waals surface area contributed by atoms with Gasteiger partial charge in [-0.2, -0.15) is 0 Å². The number of imidazole rings is 1. The second kappa shape index (κ2) is 7.40. The van der Waals surface area contributed by atoms with Crippen LogP contribution in [0.1, 0.15) is 0 Å². The van der Waals surface area contributed by atoms with E-state index in [4.69, 9.17) is 14.5 Å². The van der Waals surface area contributed by atoms with Gasteiger partial charge in [-0.3, -0.25) is 4.40 Å². The minimum atomic E-state index is 0.200. The number of hydrogen-bond donors (Lipinski definition) is 2. The third-order valence-corrected chi connectivity index (χ3v) is 4.67. The van der Waals surface area contributed by atoms with Gasteiger partial charge in [0, 0.05) is 23.5 Å². The van der Waals surface area contributed by atoms with Crippen molar-refractivity contribution in [2.45, 2.75) is 0 Å². The molecule has 0 bridgehead atoms. The van der Waals surface area contributed by atoms with Crippen LogP contribution in [0.2, 0.25) is 0 Å². The number of nitrogens with one attached hydrogen (secondary N) is 1. The molecular weight excluding hydrogens is 424 g/mol. The third kappa shape index (κ3) is 3.34. The van der Waals surface area contributed by atoms with Crippen molar-refractivity contribution in [3.63, 3.8) is 0 Å². The molecule has 2 N–H and O–H groups in total. The topological polar surface area (TPSA) is 80.9 Å². The average molecular weight is 441 g/mol. The van der Waals surface area contributed by atoms with E-state index in [-0.39, 0.29) is 5.75 Å². The predicted molar refractivity (Wildman–Crippen MR) is 111 cm³/mol. The van der Waals surface area contributed by atoms with Crippen molar-refractivity contribution in [1.29, 1.82) is 0 Å². The highest BCUT2D eigenvalue weighted by atomic mass is 79.9. The van der Waals surface area contributed by atoms with Crippen molar-refractivity contribution in [2.24, 2.45) is 0 Å². The summed E-state index contributed by atoms with van der Waals surface area (Å²) in [6.07, 6.45) is 3.53. The number of methoxy groups -OCH3 is 2. The summed E-state index contributed by atoms with van der Waals surface area (Å²) in [6, 6.07) is 12.5. The van der Waals surface area contributed by atoms with Gasteiger partial charge in [-0.1, -0.05) is 0 Å². The highest BCUT2D eigenvalue weighted by molar-refractivity contribution is 9.10. The fourth-order valence-corrected chi connectivity index (χ4v) is 3.23. The van der Waals surface area contributed by atoms with Crippen LogP contribution in [0.15, 0.2) is 59.5 Å². The summed E-state index contributed by atoms with van der Waals surface area (Å²) in [5.74, 6) is 2.23. The normalized spacial score (nSPS) is 10.8. The number of nitrogens with zero attached hydrogens (tertiary/aromatic N) is 3. The van der Waals surface area contributed by atoms with Crippen LogP contribution < -0.4 is 14.8 Å². The van der Waals surface area contributed by atoms with Gasteiger partial charge in [0.1, 0.15) is 21.9 Å². The van der Waals surface area contributed by atoms with Crippen LogP contribution in [0.4, 0.5) is 11.5 Å². The highest BCUT2D eigenvalue weighted by Crippen LogP contribution is 2.35. The standard InChI is InChI=1S/C20H17BrN4O3/c1-27-15-8-5-13(9-16(15)28-2)23-20-19(12-3-6-14(26)7-4-12)24-18-10-22-17(21)11-25(18)20/h3-11,23,26H,1-2H3. The van der Waals surface area contributed by atoms with Gasteiger partial charge in [-0.05, 0) is 52.3 Å². The Morgan fingerprint density at radius 2 is 1.79 bits per heavy atom. The third-order valence-electron chi connectivity index (χ3n) is 4.26. The van der Waals surface area contributed by atoms with Crippen LogP contribution in [0, 0.1) is 0 Å². The maximum Gasteiger partial charge on any atom is 0.162 e. The van der Waals surface area contributed by atoms with Crippen LogP contribution in [0.25, 0.3) is 16.9 Å². The fourth-order valence-electron chi connectivity index (χ4n) is 2.92. The van der Waals surface area contributed by atoms with Crippen molar-refractivity contribution in [3.05, 3.63) is 59.5 Å². The molecule has 8 heteroatoms. The fraction of sp³-hybridized carbons (Fsp3) is 0.100. The van der Waals surface area contributed by atoms with E-state index in [1.54, 1.807) is 32.5 Å². The van der Waals surface area contributed by atoms with E-state index in [2.05, 4.69) is 26.2 Å². The average Bonchev–Trinajstić information content (AvgIpc) is 3.06. The first-order valence-corrected chi connectivity index (χ1v) is 9.20. The van der Waals surface area contributed by atoms with Crippen molar-refractivity contribution >= 4 is 33.1 Å². The molecule has 7 nitrogen and oxygen atoms in total. The summed E-state index contributed by atoms with van der Waals surface area (Å²) >= 11 is 3.41. The van der Waals surface area contributed by atoms with E-state index in [9.17, 15) is 5.11 Å². The lowest BCUT2D eigenvalue weighted by Crippen LogP contribution is -1.99. The molecule has 0 aliphatic rings. The SMILES string of the molecule is COc1ccc(Nc2c(-c3ccc(O)cc3)nc3cnc(Br)cn23)cc1OC. The van der Waals surface area contributed by atoms with Gasteiger partial charge in [0.25, 0.3) is 0 Å². The number of phenolic OH excluding ortho intramolecular Hbond substituents is 1. The first kappa shape index (κ1) is 18.1. The highest BCUT2D eigenvalue weighted by Gasteiger charge is 2.16. The molecule has 0 atom stereocenters. The second-order valence-corrected chi connectivity index (χ2v) is 6.80. The molecule has 0 saturated carbocycles. The lowest BCUT2D eigenvalue weighted by Gasteiger charge is -2.12. The van der Waals surface area contributed by atoms with Crippen LogP contribution in [0.5, 0.6) is 17.2 Å². The molecule has 4 aromatic rings. The largest absolute Gasteiger partial charge is 0.508 e. The monoisotopic (exact) mass is 440 g/mol. The number of anilines is 2. The van der Waals surface area contributed by atoms with Crippen molar-refractivity contribution in [2.75, 3.05) is 19.5 Å². The Kier molecular flexibility index (Phi) is 4.79. The van der Waals surface area contributed by atoms with Gasteiger partial charge < -0.3 is 19.9 Å². The summed E-state index contributed by atoms with van der Waals surface area (Å²) in [7, 11) is 3.20. The minimum absolute atomic E-state index is 0.200. The Hall–Kier alpha value is -3.26. The summed E-state index contributed by atoms with van der Waals surface area (Å²) in [4.78, 5) is 8.96. The molecule has 0 fully saturated rings. The van der Waals surface area contributed by atoms with E-state index in [0.29, 0.717) is 21.7 Å². The van der Waals surface area contributed by atoms with Crippen LogP contribution in [-0.2, 0) is 0 Å². The predicted octanol–water partition coefficient (Wildman–Crippen LogP) is 4.63. The smallest absolute Gasteiger partial charge is 0.162 e. The molecule has 2 aromatic heterocycles. The second-order valence-electron chi connectivity index (χ2n) is 5.99. The Bertz CT molecular complexity index is 1140. The van der Waals surface area contributed by atoms with E-state index in [1.165, 1.54) is 0 Å². The number of rotatable bonds is 5. The Balaban J connectivity index is 1.86. The zero-order valence-corrected chi connectivity index (χ0v) is 16.8. The molecule has 0 spiro atoms. The summed E-state index contributed by atoms with van der Waals surface area (Å²) in [5, 5.41) is 13.0. The van der Waals surface area contributed by atoms with Crippen molar-refractivity contribution in [3.8, 4) is 28.5 Å². The number of fused-ring (bicyclic) bond motifs is 1. The lowest BCUT2D eigenvalue weighted by atomic mass is 10.1. The summed E-state index contributed by atoms with van der Waals surface area (Å²) in [6.45, 7) is 0. The maximum atomic E-state index is 9.61. The van der Waals surface area contributed by atoms with Gasteiger partial charge in [0.2, 0.25) is 0 Å². The van der Waals surface area contributed by atoms with Gasteiger partial charge in [0.15, 0.2) is 17.1 Å². The number of phenols is 1. The number of hydrogen-bond acceptors (Lipinski definition) is 6. The zero-order chi connectivity index (χ0) is 19.7. The first-order chi connectivity index (χ1) is 13.6. The number of ether oxygens (including phenoxy) is 2. The van der Waals surface area contributed by atoms with Crippen LogP contribution in [0.3, 0.4) is 0 Å². The number of aromatic nitrogens is 3. The summed E-state index contributed by atoms with van der Waals surface area (Å²) in [5.41, 5.74) is 3.09. The van der Waals surface area contributed by atoms with Gasteiger partial charge in [-0.25, -0.2) is 9.97 Å². The van der Waals surface area contributed by atoms with E-state index in [0.717, 1.165) is 22.8 Å². The molecule has 142 valence electrons. The molecule has 28 heavy (non-hydrogen) atoms. The lowest BCUT2D eigenvalue weighted by molar-refractivity contribution is 0.355. The number of aromatic hydroxyl groups is 1. The molecule has 0 amide bonds. The van der Waals surface area contributed by atoms with Crippen LogP contribution >= 0.6 is 15.9 Å². The van der Waals surface area contributed by atoms with Crippen LogP contribution in [-0.4, -0.2) is 33.7 Å². The van der Waals surface area contributed by atoms with Crippen molar-refractivity contribution in [1.82, 2.24) is 14.4 Å². The molecule has 2 heterocycles. The minimum Gasteiger partial charge on any atom is -0.508 e. The Labute approximate surface area is 169 Å². The number of halogens is 1. The zero-order valence-electron chi connectivity index (χ0n) is 15.2. The van der Waals surface area contributed by atoms with E-state index < -0.39 is 0 Å². The molecular formula is C20H17BrN4O3. The summed E-state index contributed by atoms with van der Waals surface area (Å²) < 4.78 is 13.3. The van der Waals surface area contributed by atoms with E-state index in [1.807, 2.05) is 40.9 Å². The molecule has 0 aliphatic heterocycles. The van der Waals surface area contributed by atoms with E-state index >= 15 is 0 Å². The quantitative estimate of drug-likeness (QED) is 0.470. The maximum absolute atomic E-state index is 9.61. The molecule has 0 saturated heterocycles. The van der Waals surface area contributed by atoms with Gasteiger partial charge in [-0.15, -0.1) is 0 Å². The molecule has 0 radical (unpaired) electrons. The molecule has 4 rings (SSSR count). The van der Waals surface area contributed by atoms with Gasteiger partial charge in [0.05, 0.1) is 20.4 Å². The first-order valence-electron chi connectivity index (χ1n) is 8.41.